The molecule has 1 amide bonds. The first kappa shape index (κ1) is 18.9. The fraction of sp³-hybridized carbons (Fsp3) is 0.632. The van der Waals surface area contributed by atoms with Crippen LogP contribution in [0.3, 0.4) is 0 Å². The monoisotopic (exact) mass is 336 g/mol. The molecule has 0 saturated carbocycles. The summed E-state index contributed by atoms with van der Waals surface area (Å²) in [4.78, 5) is 17.0. The Labute approximate surface area is 144 Å². The zero-order valence-electron chi connectivity index (χ0n) is 15.0. The third-order valence-electron chi connectivity index (χ3n) is 4.60. The van der Waals surface area contributed by atoms with Gasteiger partial charge in [0.2, 0.25) is 5.91 Å². The molecule has 24 heavy (non-hydrogen) atoms. The predicted molar refractivity (Wildman–Crippen MR) is 93.1 cm³/mol. The lowest BCUT2D eigenvalue weighted by Gasteiger charge is -2.35. The number of hydrogen-bond donors (Lipinski definition) is 0. The molecule has 0 aromatic heterocycles. The first-order chi connectivity index (χ1) is 11.5. The maximum atomic E-state index is 13.1. The van der Waals surface area contributed by atoms with Crippen LogP contribution in [0, 0.1) is 11.7 Å². The maximum absolute atomic E-state index is 13.1. The average Bonchev–Trinajstić information content (AvgIpc) is 2.70. The Morgan fingerprint density at radius 1 is 1.29 bits per heavy atom. The fourth-order valence-electron chi connectivity index (χ4n) is 3.14. The van der Waals surface area contributed by atoms with Gasteiger partial charge >= 0.3 is 0 Å². The quantitative estimate of drug-likeness (QED) is 0.718. The Kier molecular flexibility index (Phi) is 7.18. The lowest BCUT2D eigenvalue weighted by atomic mass is 10.0. The molecule has 0 N–H and O–H groups in total. The molecular formula is C19H29FN2O2. The van der Waals surface area contributed by atoms with Crippen LogP contribution in [0.5, 0.6) is 0 Å². The van der Waals surface area contributed by atoms with Crippen molar-refractivity contribution in [3.8, 4) is 0 Å². The van der Waals surface area contributed by atoms with Crippen LogP contribution in [0.2, 0.25) is 0 Å². The van der Waals surface area contributed by atoms with Crippen LogP contribution in [0.25, 0.3) is 0 Å². The van der Waals surface area contributed by atoms with Crippen LogP contribution in [0.15, 0.2) is 24.3 Å². The molecule has 2 rings (SSSR count). The van der Waals surface area contributed by atoms with Gasteiger partial charge in [-0.2, -0.15) is 0 Å². The molecule has 0 bridgehead atoms. The van der Waals surface area contributed by atoms with Crippen molar-refractivity contribution >= 4 is 5.91 Å². The molecule has 4 nitrogen and oxygen atoms in total. The molecule has 0 spiro atoms. The molecule has 1 fully saturated rings. The van der Waals surface area contributed by atoms with Gasteiger partial charge in [0.25, 0.3) is 0 Å². The van der Waals surface area contributed by atoms with Gasteiger partial charge in [-0.05, 0) is 30.5 Å². The molecule has 0 radical (unpaired) electrons. The van der Waals surface area contributed by atoms with E-state index < -0.39 is 0 Å². The number of benzene rings is 1. The summed E-state index contributed by atoms with van der Waals surface area (Å²) in [6.45, 7) is 10.8. The van der Waals surface area contributed by atoms with E-state index in [0.717, 1.165) is 31.8 Å². The number of nitrogens with zero attached hydrogens (tertiary/aromatic N) is 2. The van der Waals surface area contributed by atoms with Crippen molar-refractivity contribution in [3.05, 3.63) is 35.6 Å². The molecule has 1 aromatic carbocycles. The van der Waals surface area contributed by atoms with Gasteiger partial charge in [-0.25, -0.2) is 4.39 Å². The lowest BCUT2D eigenvalue weighted by molar-refractivity contribution is -0.134. The van der Waals surface area contributed by atoms with Gasteiger partial charge in [-0.3, -0.25) is 9.69 Å². The van der Waals surface area contributed by atoms with Crippen molar-refractivity contribution in [1.82, 2.24) is 9.80 Å². The largest absolute Gasteiger partial charge is 0.380 e. The van der Waals surface area contributed by atoms with E-state index in [1.807, 2.05) is 11.8 Å². The second-order valence-electron chi connectivity index (χ2n) is 6.71. The average molecular weight is 336 g/mol. The third-order valence-corrected chi connectivity index (χ3v) is 4.60. The minimum absolute atomic E-state index is 0.159. The van der Waals surface area contributed by atoms with E-state index in [1.54, 1.807) is 12.1 Å². The molecular weight excluding hydrogens is 307 g/mol. The summed E-state index contributed by atoms with van der Waals surface area (Å²) < 4.78 is 18.6. The first-order valence-electron chi connectivity index (χ1n) is 8.85. The van der Waals surface area contributed by atoms with E-state index in [2.05, 4.69) is 18.7 Å². The zero-order chi connectivity index (χ0) is 17.5. The van der Waals surface area contributed by atoms with Gasteiger partial charge in [0.05, 0.1) is 6.61 Å². The van der Waals surface area contributed by atoms with E-state index in [1.165, 1.54) is 12.1 Å². The summed E-state index contributed by atoms with van der Waals surface area (Å²) in [6, 6.07) is 6.59. The van der Waals surface area contributed by atoms with Crippen molar-refractivity contribution in [3.63, 3.8) is 0 Å². The summed E-state index contributed by atoms with van der Waals surface area (Å²) >= 11 is 0. The molecule has 1 saturated heterocycles. The normalized spacial score (nSPS) is 19.8. The van der Waals surface area contributed by atoms with Crippen molar-refractivity contribution in [1.29, 1.82) is 0 Å². The summed E-state index contributed by atoms with van der Waals surface area (Å²) in [5.74, 6) is 0.294. The van der Waals surface area contributed by atoms with Crippen molar-refractivity contribution in [2.45, 2.75) is 39.8 Å². The van der Waals surface area contributed by atoms with Gasteiger partial charge in [-0.1, -0.05) is 26.0 Å². The number of rotatable bonds is 7. The van der Waals surface area contributed by atoms with Gasteiger partial charge in [-0.15, -0.1) is 0 Å². The summed E-state index contributed by atoms with van der Waals surface area (Å²) in [5.41, 5.74) is 0.971. The van der Waals surface area contributed by atoms with Crippen molar-refractivity contribution < 1.29 is 13.9 Å². The minimum Gasteiger partial charge on any atom is -0.380 e. The highest BCUT2D eigenvalue weighted by atomic mass is 19.1. The lowest BCUT2D eigenvalue weighted by Crippen LogP contribution is -2.46. The van der Waals surface area contributed by atoms with Crippen LogP contribution in [0.4, 0.5) is 4.39 Å². The zero-order valence-corrected chi connectivity index (χ0v) is 15.0. The summed E-state index contributed by atoms with van der Waals surface area (Å²) in [5, 5.41) is 0. The summed E-state index contributed by atoms with van der Waals surface area (Å²) in [6.07, 6.45) is 0.524. The standard InChI is InChI=1S/C19H29FN2O2/c1-4-24-12-11-21-10-9-19(23)22(18(14-21)15(2)3)13-16-5-7-17(20)8-6-16/h5-8,15,18H,4,9-14H2,1-3H3. The second kappa shape index (κ2) is 9.14. The van der Waals surface area contributed by atoms with Crippen molar-refractivity contribution in [2.24, 2.45) is 5.92 Å². The van der Waals surface area contributed by atoms with Crippen LogP contribution in [0.1, 0.15) is 32.8 Å². The number of hydrogen-bond acceptors (Lipinski definition) is 3. The Morgan fingerprint density at radius 3 is 2.62 bits per heavy atom. The molecule has 1 aliphatic heterocycles. The van der Waals surface area contributed by atoms with Crippen LogP contribution in [-0.4, -0.2) is 54.6 Å². The maximum Gasteiger partial charge on any atom is 0.224 e. The highest BCUT2D eigenvalue weighted by Gasteiger charge is 2.31. The second-order valence-corrected chi connectivity index (χ2v) is 6.71. The Bertz CT molecular complexity index is 519. The van der Waals surface area contributed by atoms with E-state index >= 15 is 0 Å². The number of ether oxygens (including phenoxy) is 1. The Morgan fingerprint density at radius 2 is 2.00 bits per heavy atom. The van der Waals surface area contributed by atoms with E-state index in [0.29, 0.717) is 25.5 Å². The number of carbonyl (C=O) groups excluding carboxylic acids is 1. The van der Waals surface area contributed by atoms with E-state index in [-0.39, 0.29) is 17.8 Å². The third kappa shape index (κ3) is 5.28. The molecule has 1 aromatic rings. The minimum atomic E-state index is -0.247. The SMILES string of the molecule is CCOCCN1CCC(=O)N(Cc2ccc(F)cc2)C(C(C)C)C1. The van der Waals surface area contributed by atoms with Crippen LogP contribution in [-0.2, 0) is 16.1 Å². The molecule has 1 atom stereocenters. The predicted octanol–water partition coefficient (Wildman–Crippen LogP) is 2.92. The van der Waals surface area contributed by atoms with Crippen LogP contribution < -0.4 is 0 Å². The molecule has 1 heterocycles. The number of carbonyl (C=O) groups is 1. The van der Waals surface area contributed by atoms with Gasteiger partial charge < -0.3 is 9.64 Å². The summed E-state index contributed by atoms with van der Waals surface area (Å²) in [7, 11) is 0. The van der Waals surface area contributed by atoms with E-state index in [9.17, 15) is 9.18 Å². The smallest absolute Gasteiger partial charge is 0.224 e. The van der Waals surface area contributed by atoms with Crippen molar-refractivity contribution in [2.75, 3.05) is 32.8 Å². The molecule has 1 aliphatic rings. The first-order valence-corrected chi connectivity index (χ1v) is 8.85. The van der Waals surface area contributed by atoms with Crippen LogP contribution >= 0.6 is 0 Å². The fourth-order valence-corrected chi connectivity index (χ4v) is 3.14. The number of halogens is 1. The molecule has 5 heteroatoms. The number of amides is 1. The Balaban J connectivity index is 2.09. The van der Waals surface area contributed by atoms with Gasteiger partial charge in [0, 0.05) is 45.2 Å². The topological polar surface area (TPSA) is 32.8 Å². The van der Waals surface area contributed by atoms with E-state index in [4.69, 9.17) is 4.74 Å². The molecule has 134 valence electrons. The Hall–Kier alpha value is -1.46. The van der Waals surface area contributed by atoms with Gasteiger partial charge in [0.1, 0.15) is 5.82 Å². The highest BCUT2D eigenvalue weighted by molar-refractivity contribution is 5.77. The molecule has 1 unspecified atom stereocenters. The highest BCUT2D eigenvalue weighted by Crippen LogP contribution is 2.21. The van der Waals surface area contributed by atoms with Gasteiger partial charge in [0.15, 0.2) is 0 Å². The molecule has 0 aliphatic carbocycles.